The van der Waals surface area contributed by atoms with Crippen molar-refractivity contribution >= 4 is 16.9 Å². The van der Waals surface area contributed by atoms with E-state index in [-0.39, 0.29) is 11.9 Å². The van der Waals surface area contributed by atoms with Gasteiger partial charge in [0.15, 0.2) is 11.5 Å². The van der Waals surface area contributed by atoms with Crippen molar-refractivity contribution in [2.75, 3.05) is 0 Å². The van der Waals surface area contributed by atoms with E-state index in [0.29, 0.717) is 34.0 Å². The third-order valence-electron chi connectivity index (χ3n) is 5.13. The third kappa shape index (κ3) is 3.71. The SMILES string of the molecule is Cc1cc(-c2cc(C(=O)NC(C)(C)c3noc(C)n3)c3cnn(C(C)C)c3n2)c(C)o1. The van der Waals surface area contributed by atoms with E-state index in [2.05, 4.69) is 20.6 Å². The summed E-state index contributed by atoms with van der Waals surface area (Å²) < 4.78 is 12.6. The van der Waals surface area contributed by atoms with E-state index in [9.17, 15) is 4.79 Å². The van der Waals surface area contributed by atoms with E-state index < -0.39 is 5.54 Å². The summed E-state index contributed by atoms with van der Waals surface area (Å²) in [6.45, 7) is 13.2. The highest BCUT2D eigenvalue weighted by Crippen LogP contribution is 2.30. The van der Waals surface area contributed by atoms with Crippen LogP contribution in [0.25, 0.3) is 22.3 Å². The minimum Gasteiger partial charge on any atom is -0.466 e. The molecule has 0 saturated heterocycles. The molecule has 31 heavy (non-hydrogen) atoms. The highest BCUT2D eigenvalue weighted by Gasteiger charge is 2.30. The number of aryl methyl sites for hydroxylation is 3. The van der Waals surface area contributed by atoms with E-state index in [4.69, 9.17) is 13.9 Å². The molecule has 0 radical (unpaired) electrons. The maximum Gasteiger partial charge on any atom is 0.252 e. The molecule has 9 nitrogen and oxygen atoms in total. The summed E-state index contributed by atoms with van der Waals surface area (Å²) in [6.07, 6.45) is 1.68. The fourth-order valence-corrected chi connectivity index (χ4v) is 3.57. The van der Waals surface area contributed by atoms with Gasteiger partial charge in [0, 0.05) is 18.5 Å². The fourth-order valence-electron chi connectivity index (χ4n) is 3.57. The average Bonchev–Trinajstić information content (AvgIpc) is 3.38. The first-order valence-electron chi connectivity index (χ1n) is 10.2. The van der Waals surface area contributed by atoms with Crippen LogP contribution in [-0.4, -0.2) is 30.8 Å². The van der Waals surface area contributed by atoms with Crippen molar-refractivity contribution in [1.29, 1.82) is 0 Å². The van der Waals surface area contributed by atoms with Gasteiger partial charge in [0.1, 0.15) is 11.5 Å². The van der Waals surface area contributed by atoms with Gasteiger partial charge in [-0.3, -0.25) is 4.79 Å². The Morgan fingerprint density at radius 3 is 2.48 bits per heavy atom. The van der Waals surface area contributed by atoms with Crippen molar-refractivity contribution in [3.63, 3.8) is 0 Å². The highest BCUT2D eigenvalue weighted by molar-refractivity contribution is 6.06. The van der Waals surface area contributed by atoms with Gasteiger partial charge < -0.3 is 14.3 Å². The smallest absolute Gasteiger partial charge is 0.252 e. The van der Waals surface area contributed by atoms with Crippen LogP contribution in [0.5, 0.6) is 0 Å². The van der Waals surface area contributed by atoms with E-state index >= 15 is 0 Å². The zero-order chi connectivity index (χ0) is 22.5. The maximum absolute atomic E-state index is 13.4. The molecule has 0 atom stereocenters. The molecular formula is C22H26N6O3. The van der Waals surface area contributed by atoms with Gasteiger partial charge in [-0.25, -0.2) is 9.67 Å². The maximum atomic E-state index is 13.4. The first kappa shape index (κ1) is 20.8. The predicted molar refractivity (Wildman–Crippen MR) is 115 cm³/mol. The normalized spacial score (nSPS) is 12.1. The van der Waals surface area contributed by atoms with Crippen molar-refractivity contribution in [2.45, 2.75) is 60.0 Å². The molecule has 0 spiro atoms. The first-order chi connectivity index (χ1) is 14.6. The summed E-state index contributed by atoms with van der Waals surface area (Å²) >= 11 is 0. The summed E-state index contributed by atoms with van der Waals surface area (Å²) in [5.41, 5.74) is 1.78. The van der Waals surface area contributed by atoms with Crippen LogP contribution in [0.2, 0.25) is 0 Å². The van der Waals surface area contributed by atoms with Crippen LogP contribution in [0, 0.1) is 20.8 Å². The van der Waals surface area contributed by atoms with Crippen molar-refractivity contribution in [3.05, 3.63) is 47.1 Å². The molecule has 0 aromatic carbocycles. The Hall–Kier alpha value is -3.49. The number of nitrogens with one attached hydrogen (secondary N) is 1. The lowest BCUT2D eigenvalue weighted by atomic mass is 10.0. The van der Waals surface area contributed by atoms with Crippen molar-refractivity contribution in [3.8, 4) is 11.3 Å². The molecule has 9 heteroatoms. The predicted octanol–water partition coefficient (Wildman–Crippen LogP) is 4.25. The molecule has 4 heterocycles. The van der Waals surface area contributed by atoms with Gasteiger partial charge in [0.25, 0.3) is 5.91 Å². The van der Waals surface area contributed by atoms with E-state index in [1.807, 2.05) is 52.3 Å². The molecule has 0 aliphatic rings. The summed E-state index contributed by atoms with van der Waals surface area (Å²) in [5.74, 6) is 2.10. The molecule has 1 amide bonds. The van der Waals surface area contributed by atoms with Gasteiger partial charge >= 0.3 is 0 Å². The molecule has 0 fully saturated rings. The number of carbonyl (C=O) groups is 1. The number of furan rings is 1. The lowest BCUT2D eigenvalue weighted by Crippen LogP contribution is -2.42. The minimum absolute atomic E-state index is 0.0853. The zero-order valence-electron chi connectivity index (χ0n) is 18.8. The van der Waals surface area contributed by atoms with Crippen LogP contribution in [0.4, 0.5) is 0 Å². The van der Waals surface area contributed by atoms with E-state index in [1.54, 1.807) is 19.2 Å². The van der Waals surface area contributed by atoms with Crippen LogP contribution >= 0.6 is 0 Å². The monoisotopic (exact) mass is 422 g/mol. The molecular weight excluding hydrogens is 396 g/mol. The standard InChI is InChI=1S/C22H26N6O3/c1-11(2)28-19-17(10-23-28)16(9-18(25-19)15-8-12(3)30-13(15)4)20(29)26-22(6,7)21-24-14(5)31-27-21/h8-11H,1-7H3,(H,26,29). The molecule has 4 rings (SSSR count). The van der Waals surface area contributed by atoms with Gasteiger partial charge in [-0.2, -0.15) is 10.1 Å². The molecule has 0 bridgehead atoms. The Morgan fingerprint density at radius 2 is 1.90 bits per heavy atom. The first-order valence-corrected chi connectivity index (χ1v) is 10.2. The molecule has 0 saturated carbocycles. The van der Waals surface area contributed by atoms with Gasteiger partial charge in [0.05, 0.1) is 28.4 Å². The quantitative estimate of drug-likeness (QED) is 0.512. The van der Waals surface area contributed by atoms with Gasteiger partial charge in [0.2, 0.25) is 5.89 Å². The fraction of sp³-hybridized carbons (Fsp3) is 0.409. The molecule has 0 aliphatic carbocycles. The van der Waals surface area contributed by atoms with E-state index in [0.717, 1.165) is 17.1 Å². The second kappa shape index (κ2) is 7.33. The third-order valence-corrected chi connectivity index (χ3v) is 5.13. The summed E-state index contributed by atoms with van der Waals surface area (Å²) in [6, 6.07) is 3.79. The Kier molecular flexibility index (Phi) is 4.91. The van der Waals surface area contributed by atoms with Crippen LogP contribution in [0.15, 0.2) is 27.3 Å². The number of hydrogen-bond donors (Lipinski definition) is 1. The second-order valence-corrected chi connectivity index (χ2v) is 8.52. The molecule has 4 aromatic heterocycles. The Labute approximate surface area is 179 Å². The molecule has 1 N–H and O–H groups in total. The van der Waals surface area contributed by atoms with Gasteiger partial charge in [-0.1, -0.05) is 5.16 Å². The Morgan fingerprint density at radius 1 is 1.16 bits per heavy atom. The van der Waals surface area contributed by atoms with Crippen LogP contribution in [0.3, 0.4) is 0 Å². The number of hydrogen-bond acceptors (Lipinski definition) is 7. The molecule has 0 aliphatic heterocycles. The number of rotatable bonds is 5. The molecule has 162 valence electrons. The van der Waals surface area contributed by atoms with Crippen LogP contribution in [0.1, 0.15) is 67.3 Å². The number of carbonyl (C=O) groups excluding carboxylic acids is 1. The number of amides is 1. The number of fused-ring (bicyclic) bond motifs is 1. The van der Waals surface area contributed by atoms with Gasteiger partial charge in [-0.15, -0.1) is 0 Å². The number of pyridine rings is 1. The number of nitrogens with zero attached hydrogens (tertiary/aromatic N) is 5. The van der Waals surface area contributed by atoms with Crippen molar-refractivity contribution in [1.82, 2.24) is 30.2 Å². The number of aromatic nitrogens is 5. The minimum atomic E-state index is -0.833. The lowest BCUT2D eigenvalue weighted by Gasteiger charge is -2.22. The van der Waals surface area contributed by atoms with Gasteiger partial charge in [-0.05, 0) is 53.7 Å². The average molecular weight is 422 g/mol. The molecule has 0 unspecified atom stereocenters. The Bertz CT molecular complexity index is 1280. The second-order valence-electron chi connectivity index (χ2n) is 8.52. The zero-order valence-corrected chi connectivity index (χ0v) is 18.8. The highest BCUT2D eigenvalue weighted by atomic mass is 16.5. The topological polar surface area (TPSA) is 112 Å². The summed E-state index contributed by atoms with van der Waals surface area (Å²) in [4.78, 5) is 22.5. The van der Waals surface area contributed by atoms with Crippen molar-refractivity contribution in [2.24, 2.45) is 0 Å². The van der Waals surface area contributed by atoms with Crippen molar-refractivity contribution < 1.29 is 13.7 Å². The summed E-state index contributed by atoms with van der Waals surface area (Å²) in [5, 5.41) is 12.1. The largest absolute Gasteiger partial charge is 0.466 e. The summed E-state index contributed by atoms with van der Waals surface area (Å²) in [7, 11) is 0. The van der Waals surface area contributed by atoms with E-state index in [1.165, 1.54) is 0 Å². The van der Waals surface area contributed by atoms with Crippen LogP contribution < -0.4 is 5.32 Å². The lowest BCUT2D eigenvalue weighted by molar-refractivity contribution is 0.0909. The molecule has 4 aromatic rings. The van der Waals surface area contributed by atoms with Crippen LogP contribution in [-0.2, 0) is 5.54 Å². The Balaban J connectivity index is 1.84.